The first kappa shape index (κ1) is 18.1. The van der Waals surface area contributed by atoms with Crippen molar-refractivity contribution >= 4 is 38.2 Å². The van der Waals surface area contributed by atoms with Crippen LogP contribution in [0, 0.1) is 11.3 Å². The fraction of sp³-hybridized carbons (Fsp3) is 0.375. The van der Waals surface area contributed by atoms with Crippen LogP contribution in [0.25, 0.3) is 0 Å². The number of nitrogens with one attached hydrogen (secondary N) is 1. The van der Waals surface area contributed by atoms with Crippen molar-refractivity contribution in [2.75, 3.05) is 18.4 Å². The van der Waals surface area contributed by atoms with Crippen molar-refractivity contribution in [1.82, 2.24) is 8.68 Å². The summed E-state index contributed by atoms with van der Waals surface area (Å²) in [6, 6.07) is 11.3. The topological polar surface area (TPSA) is 86.1 Å². The molecule has 0 bridgehead atoms. The molecular weight excluding hydrogens is 380 g/mol. The van der Waals surface area contributed by atoms with Crippen molar-refractivity contribution in [3.8, 4) is 6.07 Å². The summed E-state index contributed by atoms with van der Waals surface area (Å²) in [5, 5.41) is 13.2. The van der Waals surface area contributed by atoms with Crippen molar-refractivity contribution in [3.05, 3.63) is 46.6 Å². The second kappa shape index (κ2) is 7.70. The Kier molecular flexibility index (Phi) is 5.59. The molecule has 1 saturated heterocycles. The van der Waals surface area contributed by atoms with E-state index in [0.29, 0.717) is 36.5 Å². The second-order valence-electron chi connectivity index (χ2n) is 5.85. The SMILES string of the molecule is N#Cc1c(Cl)nsc1NC1CCN(S(=O)(=O)Cc2ccccc2)CC1. The van der Waals surface area contributed by atoms with Crippen LogP contribution in [0.3, 0.4) is 0 Å². The molecule has 0 unspecified atom stereocenters. The minimum atomic E-state index is -3.32. The summed E-state index contributed by atoms with van der Waals surface area (Å²) in [4.78, 5) is 0. The monoisotopic (exact) mass is 396 g/mol. The smallest absolute Gasteiger partial charge is 0.218 e. The van der Waals surface area contributed by atoms with Gasteiger partial charge in [-0.25, -0.2) is 12.7 Å². The molecule has 0 radical (unpaired) electrons. The number of hydrogen-bond donors (Lipinski definition) is 1. The first-order chi connectivity index (χ1) is 12.0. The van der Waals surface area contributed by atoms with E-state index in [1.807, 2.05) is 36.4 Å². The summed E-state index contributed by atoms with van der Waals surface area (Å²) in [7, 11) is -3.32. The third-order valence-electron chi connectivity index (χ3n) is 4.14. The average molecular weight is 397 g/mol. The Bertz CT molecular complexity index is 869. The van der Waals surface area contributed by atoms with E-state index >= 15 is 0 Å². The van der Waals surface area contributed by atoms with Crippen molar-refractivity contribution in [3.63, 3.8) is 0 Å². The third kappa shape index (κ3) is 4.30. The van der Waals surface area contributed by atoms with Gasteiger partial charge in [0.05, 0.1) is 5.75 Å². The van der Waals surface area contributed by atoms with Crippen LogP contribution in [0.5, 0.6) is 0 Å². The predicted octanol–water partition coefficient (Wildman–Crippen LogP) is 3.07. The predicted molar refractivity (Wildman–Crippen MR) is 99.1 cm³/mol. The summed E-state index contributed by atoms with van der Waals surface area (Å²) in [5.74, 6) is 0.0228. The number of nitriles is 1. The van der Waals surface area contributed by atoms with Crippen molar-refractivity contribution in [1.29, 1.82) is 5.26 Å². The molecule has 1 aliphatic rings. The van der Waals surface area contributed by atoms with Crippen LogP contribution in [0.4, 0.5) is 5.00 Å². The lowest BCUT2D eigenvalue weighted by molar-refractivity contribution is 0.329. The van der Waals surface area contributed by atoms with Crippen LogP contribution in [0.2, 0.25) is 5.15 Å². The molecule has 2 heterocycles. The highest BCUT2D eigenvalue weighted by atomic mass is 35.5. The average Bonchev–Trinajstić information content (AvgIpc) is 2.95. The van der Waals surface area contributed by atoms with Crippen LogP contribution in [-0.4, -0.2) is 36.2 Å². The maximum absolute atomic E-state index is 12.6. The first-order valence-electron chi connectivity index (χ1n) is 7.83. The van der Waals surface area contributed by atoms with Gasteiger partial charge < -0.3 is 5.32 Å². The molecule has 1 aromatic heterocycles. The summed E-state index contributed by atoms with van der Waals surface area (Å²) in [6.07, 6.45) is 1.35. The molecule has 25 heavy (non-hydrogen) atoms. The van der Waals surface area contributed by atoms with E-state index in [1.54, 1.807) is 4.31 Å². The van der Waals surface area contributed by atoms with Crippen LogP contribution < -0.4 is 5.32 Å². The summed E-state index contributed by atoms with van der Waals surface area (Å²) >= 11 is 7.03. The van der Waals surface area contributed by atoms with Gasteiger partial charge in [0, 0.05) is 19.1 Å². The largest absolute Gasteiger partial charge is 0.372 e. The van der Waals surface area contributed by atoms with Gasteiger partial charge >= 0.3 is 0 Å². The molecule has 0 saturated carbocycles. The molecule has 0 aliphatic carbocycles. The molecule has 6 nitrogen and oxygen atoms in total. The lowest BCUT2D eigenvalue weighted by Crippen LogP contribution is -2.42. The van der Waals surface area contributed by atoms with Gasteiger partial charge in [-0.1, -0.05) is 41.9 Å². The molecule has 1 aromatic carbocycles. The molecule has 1 N–H and O–H groups in total. The fourth-order valence-corrected chi connectivity index (χ4v) is 5.38. The van der Waals surface area contributed by atoms with Gasteiger partial charge in [0.25, 0.3) is 0 Å². The number of sulfonamides is 1. The second-order valence-corrected chi connectivity index (χ2v) is 8.95. The minimum Gasteiger partial charge on any atom is -0.372 e. The number of halogens is 1. The molecule has 9 heteroatoms. The Morgan fingerprint density at radius 3 is 2.64 bits per heavy atom. The number of benzene rings is 1. The van der Waals surface area contributed by atoms with Crippen LogP contribution >= 0.6 is 23.1 Å². The number of rotatable bonds is 5. The highest BCUT2D eigenvalue weighted by Crippen LogP contribution is 2.30. The zero-order valence-electron chi connectivity index (χ0n) is 13.4. The quantitative estimate of drug-likeness (QED) is 0.839. The van der Waals surface area contributed by atoms with E-state index in [9.17, 15) is 8.42 Å². The van der Waals surface area contributed by atoms with E-state index in [1.165, 1.54) is 0 Å². The molecular formula is C16H17ClN4O2S2. The Morgan fingerprint density at radius 2 is 2.00 bits per heavy atom. The minimum absolute atomic E-state index is 0.0228. The molecule has 132 valence electrons. The van der Waals surface area contributed by atoms with Gasteiger partial charge in [-0.15, -0.1) is 0 Å². The van der Waals surface area contributed by atoms with Gasteiger partial charge in [-0.3, -0.25) is 0 Å². The Hall–Kier alpha value is -1.66. The number of anilines is 1. The normalized spacial score (nSPS) is 16.5. The molecule has 2 aromatic rings. The van der Waals surface area contributed by atoms with E-state index in [4.69, 9.17) is 16.9 Å². The maximum Gasteiger partial charge on any atom is 0.218 e. The molecule has 0 amide bonds. The van der Waals surface area contributed by atoms with Crippen LogP contribution in [0.1, 0.15) is 24.0 Å². The van der Waals surface area contributed by atoms with Crippen molar-refractivity contribution in [2.45, 2.75) is 24.6 Å². The van der Waals surface area contributed by atoms with Crippen molar-refractivity contribution < 1.29 is 8.42 Å². The Balaban J connectivity index is 1.59. The Labute approximate surface area is 156 Å². The summed E-state index contributed by atoms with van der Waals surface area (Å²) in [5.41, 5.74) is 1.14. The van der Waals surface area contributed by atoms with Gasteiger partial charge in [-0.05, 0) is 29.9 Å². The van der Waals surface area contributed by atoms with E-state index < -0.39 is 10.0 Å². The summed E-state index contributed by atoms with van der Waals surface area (Å²) in [6.45, 7) is 0.919. The standard InChI is InChI=1S/C16H17ClN4O2S2/c17-15-14(10-18)16(24-20-15)19-13-6-8-21(9-7-13)25(22,23)11-12-4-2-1-3-5-12/h1-5,13,19H,6-9,11H2. The third-order valence-corrected chi connectivity index (χ3v) is 7.14. The highest BCUT2D eigenvalue weighted by molar-refractivity contribution is 7.88. The highest BCUT2D eigenvalue weighted by Gasteiger charge is 2.28. The lowest BCUT2D eigenvalue weighted by Gasteiger charge is -2.31. The number of piperidine rings is 1. The lowest BCUT2D eigenvalue weighted by atomic mass is 10.1. The zero-order valence-corrected chi connectivity index (χ0v) is 15.7. The molecule has 0 spiro atoms. The van der Waals surface area contributed by atoms with Gasteiger partial charge in [0.1, 0.15) is 16.6 Å². The van der Waals surface area contributed by atoms with E-state index in [-0.39, 0.29) is 16.9 Å². The number of hydrogen-bond acceptors (Lipinski definition) is 6. The van der Waals surface area contributed by atoms with E-state index in [0.717, 1.165) is 17.1 Å². The molecule has 1 aliphatic heterocycles. The van der Waals surface area contributed by atoms with Gasteiger partial charge in [-0.2, -0.15) is 9.64 Å². The number of aromatic nitrogens is 1. The number of nitrogens with zero attached hydrogens (tertiary/aromatic N) is 3. The fourth-order valence-electron chi connectivity index (χ4n) is 2.81. The zero-order chi connectivity index (χ0) is 17.9. The molecule has 0 atom stereocenters. The van der Waals surface area contributed by atoms with Crippen LogP contribution in [0.15, 0.2) is 30.3 Å². The van der Waals surface area contributed by atoms with Gasteiger partial charge in [0.15, 0.2) is 5.15 Å². The molecule has 3 rings (SSSR count). The van der Waals surface area contributed by atoms with Crippen LogP contribution in [-0.2, 0) is 15.8 Å². The van der Waals surface area contributed by atoms with Gasteiger partial charge in [0.2, 0.25) is 10.0 Å². The first-order valence-corrected chi connectivity index (χ1v) is 10.6. The van der Waals surface area contributed by atoms with E-state index in [2.05, 4.69) is 9.69 Å². The Morgan fingerprint density at radius 1 is 1.32 bits per heavy atom. The molecule has 1 fully saturated rings. The van der Waals surface area contributed by atoms with Crippen molar-refractivity contribution in [2.24, 2.45) is 0 Å². The maximum atomic E-state index is 12.6. The summed E-state index contributed by atoms with van der Waals surface area (Å²) < 4.78 is 30.6.